The van der Waals surface area contributed by atoms with Gasteiger partial charge in [-0.1, -0.05) is 0 Å². The van der Waals surface area contributed by atoms with Crippen molar-refractivity contribution >= 4 is 11.9 Å². The number of nitrogens with one attached hydrogen (secondary N) is 1. The van der Waals surface area contributed by atoms with E-state index in [9.17, 15) is 9.59 Å². The summed E-state index contributed by atoms with van der Waals surface area (Å²) in [5.41, 5.74) is 0. The standard InChI is InChI=1S/C7H10NO4/c9-6-5-7(10)12-4-2-8-1-3-11-6/h5,8H,1-4H2. The molecule has 1 saturated heterocycles. The molecule has 12 heavy (non-hydrogen) atoms. The van der Waals surface area contributed by atoms with Crippen molar-refractivity contribution in [2.24, 2.45) is 0 Å². The van der Waals surface area contributed by atoms with Crippen LogP contribution in [-0.2, 0) is 19.1 Å². The van der Waals surface area contributed by atoms with Gasteiger partial charge in [0.1, 0.15) is 13.2 Å². The Morgan fingerprint density at radius 2 is 1.58 bits per heavy atom. The predicted molar refractivity (Wildman–Crippen MR) is 39.1 cm³/mol. The lowest BCUT2D eigenvalue weighted by atomic mass is 10.4. The molecule has 0 bridgehead atoms. The molecule has 0 spiro atoms. The topological polar surface area (TPSA) is 64.6 Å². The Morgan fingerprint density at radius 1 is 1.08 bits per heavy atom. The minimum Gasteiger partial charge on any atom is -0.464 e. The summed E-state index contributed by atoms with van der Waals surface area (Å²) in [6, 6.07) is 0. The molecule has 0 aromatic heterocycles. The second-order valence-corrected chi connectivity index (χ2v) is 2.23. The molecule has 0 unspecified atom stereocenters. The SMILES string of the molecule is O=C1[CH]C(=O)OCCNCCO1. The number of carbonyl (C=O) groups is 2. The number of hydrogen-bond donors (Lipinski definition) is 1. The van der Waals surface area contributed by atoms with E-state index in [1.165, 1.54) is 0 Å². The van der Waals surface area contributed by atoms with E-state index < -0.39 is 11.9 Å². The summed E-state index contributed by atoms with van der Waals surface area (Å²) >= 11 is 0. The summed E-state index contributed by atoms with van der Waals surface area (Å²) in [5.74, 6) is -1.30. The highest BCUT2D eigenvalue weighted by atomic mass is 16.6. The number of cyclic esters (lactones) is 2. The normalized spacial score (nSPS) is 21.0. The van der Waals surface area contributed by atoms with Gasteiger partial charge in [-0.15, -0.1) is 0 Å². The van der Waals surface area contributed by atoms with Crippen molar-refractivity contribution < 1.29 is 19.1 Å². The molecule has 1 aliphatic heterocycles. The minimum absolute atomic E-state index is 0.280. The number of hydrogen-bond acceptors (Lipinski definition) is 5. The lowest BCUT2D eigenvalue weighted by molar-refractivity contribution is -0.148. The highest BCUT2D eigenvalue weighted by Gasteiger charge is 2.13. The van der Waals surface area contributed by atoms with Crippen molar-refractivity contribution in [1.29, 1.82) is 0 Å². The van der Waals surface area contributed by atoms with Gasteiger partial charge in [0.05, 0.1) is 0 Å². The molecule has 1 rings (SSSR count). The van der Waals surface area contributed by atoms with Crippen molar-refractivity contribution in [2.45, 2.75) is 0 Å². The maximum atomic E-state index is 10.7. The van der Waals surface area contributed by atoms with Crippen molar-refractivity contribution in [1.82, 2.24) is 5.32 Å². The summed E-state index contributed by atoms with van der Waals surface area (Å²) in [6.45, 7) is 1.72. The van der Waals surface area contributed by atoms with Crippen LogP contribution in [0.15, 0.2) is 0 Å². The predicted octanol–water partition coefficient (Wildman–Crippen LogP) is -1.12. The Bertz CT molecular complexity index is 162. The van der Waals surface area contributed by atoms with E-state index in [4.69, 9.17) is 0 Å². The molecule has 0 saturated carbocycles. The molecule has 0 aliphatic carbocycles. The van der Waals surface area contributed by atoms with Crippen molar-refractivity contribution in [3.8, 4) is 0 Å². The van der Waals surface area contributed by atoms with Gasteiger partial charge in [0.15, 0.2) is 6.42 Å². The first-order valence-corrected chi connectivity index (χ1v) is 3.68. The molecular weight excluding hydrogens is 162 g/mol. The number of esters is 2. The van der Waals surface area contributed by atoms with Crippen LogP contribution >= 0.6 is 0 Å². The average Bonchev–Trinajstić information content (AvgIpc) is 2.02. The van der Waals surface area contributed by atoms with Gasteiger partial charge in [0.2, 0.25) is 0 Å². The van der Waals surface area contributed by atoms with E-state index in [-0.39, 0.29) is 13.2 Å². The second kappa shape index (κ2) is 4.71. The first kappa shape index (κ1) is 8.99. The van der Waals surface area contributed by atoms with Gasteiger partial charge >= 0.3 is 11.9 Å². The van der Waals surface area contributed by atoms with Crippen molar-refractivity contribution in [3.05, 3.63) is 6.42 Å². The van der Waals surface area contributed by atoms with Crippen LogP contribution in [0.2, 0.25) is 0 Å². The van der Waals surface area contributed by atoms with E-state index >= 15 is 0 Å². The minimum atomic E-state index is -0.649. The maximum Gasteiger partial charge on any atom is 0.321 e. The molecule has 67 valence electrons. The third kappa shape index (κ3) is 3.34. The molecule has 1 aliphatic rings. The fourth-order valence-electron chi connectivity index (χ4n) is 0.752. The highest BCUT2D eigenvalue weighted by molar-refractivity contribution is 6.03. The summed E-state index contributed by atoms with van der Waals surface area (Å²) in [7, 11) is 0. The van der Waals surface area contributed by atoms with Crippen LogP contribution in [0, 0.1) is 6.42 Å². The summed E-state index contributed by atoms with van der Waals surface area (Å²) in [6.07, 6.45) is 0.811. The van der Waals surface area contributed by atoms with E-state index in [1.807, 2.05) is 0 Å². The fourth-order valence-corrected chi connectivity index (χ4v) is 0.752. The van der Waals surface area contributed by atoms with Gasteiger partial charge in [-0.2, -0.15) is 0 Å². The summed E-state index contributed by atoms with van der Waals surface area (Å²) in [4.78, 5) is 21.4. The molecule has 1 heterocycles. The van der Waals surface area contributed by atoms with Crippen molar-refractivity contribution in [3.63, 3.8) is 0 Å². The molecule has 5 heteroatoms. The Hall–Kier alpha value is -1.10. The maximum absolute atomic E-state index is 10.7. The average molecular weight is 172 g/mol. The molecule has 0 aromatic rings. The molecule has 5 nitrogen and oxygen atoms in total. The van der Waals surface area contributed by atoms with Gasteiger partial charge in [-0.25, -0.2) is 0 Å². The van der Waals surface area contributed by atoms with Crippen LogP contribution in [0.5, 0.6) is 0 Å². The van der Waals surface area contributed by atoms with Crippen LogP contribution in [0.4, 0.5) is 0 Å². The van der Waals surface area contributed by atoms with Gasteiger partial charge < -0.3 is 14.8 Å². The van der Waals surface area contributed by atoms with Crippen LogP contribution in [0.1, 0.15) is 0 Å². The monoisotopic (exact) mass is 172 g/mol. The van der Waals surface area contributed by atoms with Crippen molar-refractivity contribution in [2.75, 3.05) is 26.3 Å². The number of carbonyl (C=O) groups excluding carboxylic acids is 2. The zero-order chi connectivity index (χ0) is 8.81. The van der Waals surface area contributed by atoms with E-state index in [0.29, 0.717) is 13.1 Å². The third-order valence-electron chi connectivity index (χ3n) is 1.28. The number of rotatable bonds is 0. The van der Waals surface area contributed by atoms with Crippen LogP contribution < -0.4 is 5.32 Å². The molecule has 1 fully saturated rings. The second-order valence-electron chi connectivity index (χ2n) is 2.23. The Labute approximate surface area is 70.0 Å². The van der Waals surface area contributed by atoms with E-state index in [1.54, 1.807) is 0 Å². The van der Waals surface area contributed by atoms with Gasteiger partial charge in [-0.05, 0) is 0 Å². The lowest BCUT2D eigenvalue weighted by Crippen LogP contribution is -2.29. The van der Waals surface area contributed by atoms with E-state index in [0.717, 1.165) is 6.42 Å². The van der Waals surface area contributed by atoms with Gasteiger partial charge in [0.25, 0.3) is 0 Å². The van der Waals surface area contributed by atoms with Crippen LogP contribution in [-0.4, -0.2) is 38.2 Å². The molecule has 0 aromatic carbocycles. The first-order chi connectivity index (χ1) is 5.79. The molecular formula is C7H10NO4. The molecule has 0 amide bonds. The Balaban J connectivity index is 2.34. The highest BCUT2D eigenvalue weighted by Crippen LogP contribution is 1.90. The Morgan fingerprint density at radius 3 is 2.08 bits per heavy atom. The van der Waals surface area contributed by atoms with Crippen LogP contribution in [0.3, 0.4) is 0 Å². The van der Waals surface area contributed by atoms with Gasteiger partial charge in [-0.3, -0.25) is 9.59 Å². The largest absolute Gasteiger partial charge is 0.464 e. The lowest BCUT2D eigenvalue weighted by Gasteiger charge is -2.09. The number of ether oxygens (including phenoxy) is 2. The fraction of sp³-hybridized carbons (Fsp3) is 0.571. The summed E-state index contributed by atoms with van der Waals surface area (Å²) in [5, 5.41) is 2.93. The first-order valence-electron chi connectivity index (χ1n) is 3.68. The zero-order valence-corrected chi connectivity index (χ0v) is 6.54. The molecule has 1 N–H and O–H groups in total. The quantitative estimate of drug-likeness (QED) is 0.469. The Kier molecular flexibility index (Phi) is 3.53. The van der Waals surface area contributed by atoms with Crippen LogP contribution in [0.25, 0.3) is 0 Å². The summed E-state index contributed by atoms with van der Waals surface area (Å²) < 4.78 is 9.26. The zero-order valence-electron chi connectivity index (χ0n) is 6.54. The molecule has 0 atom stereocenters. The molecule has 1 radical (unpaired) electrons. The third-order valence-corrected chi connectivity index (χ3v) is 1.28. The van der Waals surface area contributed by atoms with E-state index in [2.05, 4.69) is 14.8 Å². The van der Waals surface area contributed by atoms with Gasteiger partial charge in [0, 0.05) is 13.1 Å². The smallest absolute Gasteiger partial charge is 0.321 e.